The Hall–Kier alpha value is -1.10. The minimum atomic E-state index is -0.596. The normalized spacial score (nSPS) is 14.2. The van der Waals surface area contributed by atoms with E-state index in [1.807, 2.05) is 20.8 Å². The second-order valence-corrected chi connectivity index (χ2v) is 4.57. The molecule has 2 unspecified atom stereocenters. The molecule has 1 amide bonds. The first-order valence-electron chi connectivity index (χ1n) is 6.05. The van der Waals surface area contributed by atoms with Crippen LogP contribution < -0.4 is 11.1 Å². The molecule has 2 atom stereocenters. The van der Waals surface area contributed by atoms with Crippen LogP contribution in [0.25, 0.3) is 0 Å². The third-order valence-electron chi connectivity index (χ3n) is 2.55. The van der Waals surface area contributed by atoms with Gasteiger partial charge in [-0.15, -0.1) is 0 Å². The molecule has 0 saturated carbocycles. The Morgan fingerprint density at radius 1 is 1.35 bits per heavy atom. The Labute approximate surface area is 103 Å². The molecule has 5 nitrogen and oxygen atoms in total. The van der Waals surface area contributed by atoms with Crippen LogP contribution in [0.15, 0.2) is 0 Å². The zero-order valence-corrected chi connectivity index (χ0v) is 11.2. The quantitative estimate of drug-likeness (QED) is 0.650. The average Bonchev–Trinajstić information content (AvgIpc) is 2.24. The molecule has 0 saturated heterocycles. The first kappa shape index (κ1) is 15.9. The van der Waals surface area contributed by atoms with Gasteiger partial charge in [0.25, 0.3) is 0 Å². The highest BCUT2D eigenvalue weighted by molar-refractivity contribution is 5.84. The zero-order valence-electron chi connectivity index (χ0n) is 11.2. The number of rotatable bonds is 7. The number of amides is 1. The Morgan fingerprint density at radius 2 is 1.94 bits per heavy atom. The molecule has 100 valence electrons. The Morgan fingerprint density at radius 3 is 2.35 bits per heavy atom. The van der Waals surface area contributed by atoms with Crippen LogP contribution in [0, 0.1) is 5.92 Å². The number of carbonyl (C=O) groups excluding carboxylic acids is 2. The predicted octanol–water partition coefficient (Wildman–Crippen LogP) is 0.818. The molecule has 0 aliphatic carbocycles. The predicted molar refractivity (Wildman–Crippen MR) is 66.3 cm³/mol. The van der Waals surface area contributed by atoms with Crippen molar-refractivity contribution in [1.29, 1.82) is 0 Å². The van der Waals surface area contributed by atoms with E-state index in [2.05, 4.69) is 10.1 Å². The molecule has 0 aromatic carbocycles. The summed E-state index contributed by atoms with van der Waals surface area (Å²) in [5.74, 6) is -0.624. The van der Waals surface area contributed by atoms with Crippen LogP contribution in [0.2, 0.25) is 0 Å². The minimum Gasteiger partial charge on any atom is -0.467 e. The van der Waals surface area contributed by atoms with E-state index in [1.54, 1.807) is 0 Å². The lowest BCUT2D eigenvalue weighted by Crippen LogP contribution is -2.46. The van der Waals surface area contributed by atoms with Gasteiger partial charge in [0.15, 0.2) is 0 Å². The first-order valence-corrected chi connectivity index (χ1v) is 6.05. The molecule has 17 heavy (non-hydrogen) atoms. The van der Waals surface area contributed by atoms with Crippen molar-refractivity contribution in [1.82, 2.24) is 5.32 Å². The van der Waals surface area contributed by atoms with Crippen LogP contribution in [0.1, 0.15) is 40.0 Å². The number of ether oxygens (including phenoxy) is 1. The van der Waals surface area contributed by atoms with Crippen molar-refractivity contribution in [3.05, 3.63) is 0 Å². The molecule has 0 heterocycles. The van der Waals surface area contributed by atoms with Gasteiger partial charge in [-0.25, -0.2) is 4.79 Å². The number of methoxy groups -OCH3 is 1. The fraction of sp³-hybridized carbons (Fsp3) is 0.833. The van der Waals surface area contributed by atoms with Crippen LogP contribution in [0.3, 0.4) is 0 Å². The van der Waals surface area contributed by atoms with Crippen molar-refractivity contribution in [2.24, 2.45) is 11.7 Å². The van der Waals surface area contributed by atoms with E-state index in [0.29, 0.717) is 0 Å². The molecule has 0 bridgehead atoms. The molecule has 0 spiro atoms. The molecule has 0 aromatic heterocycles. The number of nitrogens with one attached hydrogen (secondary N) is 1. The van der Waals surface area contributed by atoms with Crippen molar-refractivity contribution in [3.8, 4) is 0 Å². The van der Waals surface area contributed by atoms with E-state index in [1.165, 1.54) is 7.11 Å². The molecule has 0 aliphatic heterocycles. The summed E-state index contributed by atoms with van der Waals surface area (Å²) in [5.41, 5.74) is 5.77. The smallest absolute Gasteiger partial charge is 0.328 e. The summed E-state index contributed by atoms with van der Waals surface area (Å²) < 4.78 is 4.64. The van der Waals surface area contributed by atoms with E-state index in [0.717, 1.165) is 12.8 Å². The van der Waals surface area contributed by atoms with Gasteiger partial charge in [0.1, 0.15) is 6.04 Å². The lowest BCUT2D eigenvalue weighted by Gasteiger charge is -2.20. The lowest BCUT2D eigenvalue weighted by atomic mass is 10.0. The van der Waals surface area contributed by atoms with Gasteiger partial charge in [-0.1, -0.05) is 27.2 Å². The summed E-state index contributed by atoms with van der Waals surface area (Å²) in [6.07, 6.45) is 1.99. The number of nitrogens with two attached hydrogens (primary N) is 1. The lowest BCUT2D eigenvalue weighted by molar-refractivity contribution is -0.146. The zero-order chi connectivity index (χ0) is 13.4. The standard InChI is InChI=1S/C12H24N2O3/c1-5-6-9(13)7-10(15)14-11(8(2)3)12(16)17-4/h8-9,11H,5-7,13H2,1-4H3,(H,14,15). The van der Waals surface area contributed by atoms with Gasteiger partial charge in [0.2, 0.25) is 5.91 Å². The van der Waals surface area contributed by atoms with Crippen LogP contribution in [0.5, 0.6) is 0 Å². The maximum absolute atomic E-state index is 11.7. The highest BCUT2D eigenvalue weighted by Gasteiger charge is 2.25. The fourth-order valence-electron chi connectivity index (χ4n) is 1.57. The SMILES string of the molecule is CCCC(N)CC(=O)NC(C(=O)OC)C(C)C. The van der Waals surface area contributed by atoms with Gasteiger partial charge >= 0.3 is 5.97 Å². The Bertz CT molecular complexity index is 254. The third kappa shape index (κ3) is 6.26. The molecule has 0 aliphatic rings. The maximum Gasteiger partial charge on any atom is 0.328 e. The summed E-state index contributed by atoms with van der Waals surface area (Å²) >= 11 is 0. The number of hydrogen-bond acceptors (Lipinski definition) is 4. The van der Waals surface area contributed by atoms with Crippen LogP contribution in [-0.4, -0.2) is 31.1 Å². The first-order chi connectivity index (χ1) is 7.92. The summed E-state index contributed by atoms with van der Waals surface area (Å²) in [6, 6.07) is -0.744. The Kier molecular flexibility index (Phi) is 7.54. The molecule has 5 heteroatoms. The molecule has 0 fully saturated rings. The van der Waals surface area contributed by atoms with Crippen LogP contribution in [0.4, 0.5) is 0 Å². The van der Waals surface area contributed by atoms with Crippen LogP contribution in [-0.2, 0) is 14.3 Å². The second kappa shape index (κ2) is 8.06. The monoisotopic (exact) mass is 244 g/mol. The van der Waals surface area contributed by atoms with E-state index in [4.69, 9.17) is 5.73 Å². The van der Waals surface area contributed by atoms with E-state index in [9.17, 15) is 9.59 Å². The second-order valence-electron chi connectivity index (χ2n) is 4.57. The van der Waals surface area contributed by atoms with E-state index >= 15 is 0 Å². The van der Waals surface area contributed by atoms with Gasteiger partial charge in [-0.2, -0.15) is 0 Å². The van der Waals surface area contributed by atoms with Gasteiger partial charge in [-0.3, -0.25) is 4.79 Å². The molecular formula is C12H24N2O3. The van der Waals surface area contributed by atoms with Gasteiger partial charge in [0.05, 0.1) is 7.11 Å². The van der Waals surface area contributed by atoms with Gasteiger partial charge in [-0.05, 0) is 12.3 Å². The molecular weight excluding hydrogens is 220 g/mol. The summed E-state index contributed by atoms with van der Waals surface area (Å²) in [7, 11) is 1.31. The minimum absolute atomic E-state index is 0.00574. The van der Waals surface area contributed by atoms with Crippen molar-refractivity contribution in [2.45, 2.75) is 52.1 Å². The highest BCUT2D eigenvalue weighted by atomic mass is 16.5. The van der Waals surface area contributed by atoms with E-state index < -0.39 is 12.0 Å². The van der Waals surface area contributed by atoms with Gasteiger partial charge < -0.3 is 15.8 Å². The fourth-order valence-corrected chi connectivity index (χ4v) is 1.57. The Balaban J connectivity index is 4.27. The summed E-state index contributed by atoms with van der Waals surface area (Å²) in [6.45, 7) is 5.73. The molecule has 3 N–H and O–H groups in total. The van der Waals surface area contributed by atoms with Crippen molar-refractivity contribution >= 4 is 11.9 Å². The van der Waals surface area contributed by atoms with Crippen molar-refractivity contribution in [2.75, 3.05) is 7.11 Å². The van der Waals surface area contributed by atoms with Crippen molar-refractivity contribution < 1.29 is 14.3 Å². The van der Waals surface area contributed by atoms with Crippen molar-refractivity contribution in [3.63, 3.8) is 0 Å². The number of esters is 1. The summed E-state index contributed by atoms with van der Waals surface area (Å²) in [5, 5.41) is 2.66. The molecule has 0 aromatic rings. The molecule has 0 rings (SSSR count). The number of hydrogen-bond donors (Lipinski definition) is 2. The maximum atomic E-state index is 11.7. The number of carbonyl (C=O) groups is 2. The van der Waals surface area contributed by atoms with Gasteiger partial charge in [0, 0.05) is 12.5 Å². The summed E-state index contributed by atoms with van der Waals surface area (Å²) in [4.78, 5) is 23.1. The largest absolute Gasteiger partial charge is 0.467 e. The van der Waals surface area contributed by atoms with Crippen LogP contribution >= 0.6 is 0 Å². The van der Waals surface area contributed by atoms with E-state index in [-0.39, 0.29) is 24.3 Å². The average molecular weight is 244 g/mol. The highest BCUT2D eigenvalue weighted by Crippen LogP contribution is 2.05. The molecule has 0 radical (unpaired) electrons. The topological polar surface area (TPSA) is 81.4 Å². The third-order valence-corrected chi connectivity index (χ3v) is 2.55.